The minimum atomic E-state index is -2.83. The summed E-state index contributed by atoms with van der Waals surface area (Å²) in [6, 6.07) is 10.8. The molecule has 2 aromatic rings. The Kier molecular flexibility index (Phi) is 6.57. The molecular weight excluding hydrogens is 388 g/mol. The van der Waals surface area contributed by atoms with E-state index < -0.39 is 6.61 Å². The molecule has 4 rings (SSSR count). The van der Waals surface area contributed by atoms with Gasteiger partial charge in [0.25, 0.3) is 5.91 Å². The average molecular weight is 415 g/mol. The standard InChI is InChI=1S/C23H27F2N3O2/c24-23(25)30-21-6-2-1-4-19(21)16-27-12-9-20(10-13-27)28(15-17-7-8-17)22(29)18-5-3-11-26-14-18/h1-6,11,14,17,20,23H,7-10,12-13,15-16H2. The number of benzene rings is 1. The van der Waals surface area contributed by atoms with Crippen LogP contribution in [0.1, 0.15) is 41.6 Å². The molecule has 1 amide bonds. The first kappa shape index (κ1) is 20.7. The highest BCUT2D eigenvalue weighted by Gasteiger charge is 2.33. The first-order valence-electron chi connectivity index (χ1n) is 10.6. The molecule has 0 radical (unpaired) electrons. The maximum atomic E-state index is 13.1. The number of alkyl halides is 2. The van der Waals surface area contributed by atoms with Crippen molar-refractivity contribution in [2.45, 2.75) is 44.9 Å². The number of para-hydroxylation sites is 1. The van der Waals surface area contributed by atoms with Gasteiger partial charge in [0.2, 0.25) is 0 Å². The summed E-state index contributed by atoms with van der Waals surface area (Å²) >= 11 is 0. The van der Waals surface area contributed by atoms with E-state index in [-0.39, 0.29) is 17.7 Å². The molecule has 0 spiro atoms. The second-order valence-electron chi connectivity index (χ2n) is 8.14. The lowest BCUT2D eigenvalue weighted by atomic mass is 10.0. The Morgan fingerprint density at radius 3 is 2.57 bits per heavy atom. The van der Waals surface area contributed by atoms with Crippen molar-refractivity contribution in [1.82, 2.24) is 14.8 Å². The van der Waals surface area contributed by atoms with E-state index in [1.165, 1.54) is 12.8 Å². The topological polar surface area (TPSA) is 45.7 Å². The zero-order chi connectivity index (χ0) is 20.9. The molecule has 0 N–H and O–H groups in total. The number of aromatic nitrogens is 1. The fourth-order valence-electron chi connectivity index (χ4n) is 4.11. The van der Waals surface area contributed by atoms with Gasteiger partial charge in [0, 0.05) is 50.2 Å². The van der Waals surface area contributed by atoms with Gasteiger partial charge in [-0.15, -0.1) is 0 Å². The van der Waals surface area contributed by atoms with Crippen molar-refractivity contribution in [3.05, 3.63) is 59.9 Å². The molecule has 0 unspecified atom stereocenters. The van der Waals surface area contributed by atoms with Gasteiger partial charge in [0.1, 0.15) is 5.75 Å². The quantitative estimate of drug-likeness (QED) is 0.648. The number of nitrogens with zero attached hydrogens (tertiary/aromatic N) is 3. The highest BCUT2D eigenvalue weighted by molar-refractivity contribution is 5.94. The fraction of sp³-hybridized carbons (Fsp3) is 0.478. The van der Waals surface area contributed by atoms with E-state index in [9.17, 15) is 13.6 Å². The molecule has 2 heterocycles. The van der Waals surface area contributed by atoms with Crippen LogP contribution in [0.3, 0.4) is 0 Å². The molecule has 1 aliphatic heterocycles. The van der Waals surface area contributed by atoms with E-state index in [0.29, 0.717) is 18.0 Å². The third kappa shape index (κ3) is 5.33. The molecule has 0 bridgehead atoms. The van der Waals surface area contributed by atoms with Crippen molar-refractivity contribution in [1.29, 1.82) is 0 Å². The van der Waals surface area contributed by atoms with Gasteiger partial charge in [0.15, 0.2) is 0 Å². The number of hydrogen-bond acceptors (Lipinski definition) is 4. The van der Waals surface area contributed by atoms with Crippen LogP contribution in [-0.4, -0.2) is 53.0 Å². The van der Waals surface area contributed by atoms with Gasteiger partial charge < -0.3 is 9.64 Å². The lowest BCUT2D eigenvalue weighted by Crippen LogP contribution is -2.48. The summed E-state index contributed by atoms with van der Waals surface area (Å²) in [5.74, 6) is 0.905. The highest BCUT2D eigenvalue weighted by Crippen LogP contribution is 2.32. The van der Waals surface area contributed by atoms with Crippen molar-refractivity contribution in [2.75, 3.05) is 19.6 Å². The predicted molar refractivity (Wildman–Crippen MR) is 109 cm³/mol. The number of rotatable bonds is 8. The second-order valence-corrected chi connectivity index (χ2v) is 8.14. The molecule has 5 nitrogen and oxygen atoms in total. The Morgan fingerprint density at radius 1 is 1.13 bits per heavy atom. The molecule has 7 heteroatoms. The summed E-state index contributed by atoms with van der Waals surface area (Å²) in [5, 5.41) is 0. The van der Waals surface area contributed by atoms with Crippen molar-refractivity contribution >= 4 is 5.91 Å². The van der Waals surface area contributed by atoms with Crippen molar-refractivity contribution in [3.63, 3.8) is 0 Å². The molecular formula is C23H27F2N3O2. The molecule has 2 aliphatic rings. The summed E-state index contributed by atoms with van der Waals surface area (Å²) in [7, 11) is 0. The molecule has 160 valence electrons. The molecule has 0 atom stereocenters. The summed E-state index contributed by atoms with van der Waals surface area (Å²) in [4.78, 5) is 21.5. The summed E-state index contributed by atoms with van der Waals surface area (Å²) in [5.41, 5.74) is 1.40. The molecule has 1 aromatic heterocycles. The highest BCUT2D eigenvalue weighted by atomic mass is 19.3. The van der Waals surface area contributed by atoms with Gasteiger partial charge in [-0.3, -0.25) is 14.7 Å². The van der Waals surface area contributed by atoms with Crippen LogP contribution in [0.4, 0.5) is 8.78 Å². The number of ether oxygens (including phenoxy) is 1. The van der Waals surface area contributed by atoms with Gasteiger partial charge in [-0.2, -0.15) is 8.78 Å². The van der Waals surface area contributed by atoms with Crippen LogP contribution in [0.2, 0.25) is 0 Å². The number of carbonyl (C=O) groups is 1. The van der Waals surface area contributed by atoms with Gasteiger partial charge >= 0.3 is 6.61 Å². The minimum absolute atomic E-state index is 0.0594. The maximum Gasteiger partial charge on any atom is 0.387 e. The molecule has 1 aliphatic carbocycles. The average Bonchev–Trinajstić information content (AvgIpc) is 3.58. The van der Waals surface area contributed by atoms with Gasteiger partial charge in [-0.1, -0.05) is 18.2 Å². The third-order valence-electron chi connectivity index (χ3n) is 5.90. The monoisotopic (exact) mass is 415 g/mol. The number of halogens is 2. The molecule has 1 aromatic carbocycles. The van der Waals surface area contributed by atoms with Gasteiger partial charge in [-0.05, 0) is 49.8 Å². The Balaban J connectivity index is 1.38. The fourth-order valence-corrected chi connectivity index (χ4v) is 4.11. The molecule has 1 saturated heterocycles. The Hall–Kier alpha value is -2.54. The number of hydrogen-bond donors (Lipinski definition) is 0. The van der Waals surface area contributed by atoms with Crippen LogP contribution < -0.4 is 4.74 Å². The number of amides is 1. The lowest BCUT2D eigenvalue weighted by molar-refractivity contribution is -0.0508. The first-order chi connectivity index (χ1) is 14.6. The van der Waals surface area contributed by atoms with Gasteiger partial charge in [0.05, 0.1) is 5.56 Å². The number of likely N-dealkylation sites (tertiary alicyclic amines) is 1. The first-order valence-corrected chi connectivity index (χ1v) is 10.6. The summed E-state index contributed by atoms with van der Waals surface area (Å²) < 4.78 is 30.0. The Morgan fingerprint density at radius 2 is 1.90 bits per heavy atom. The van der Waals surface area contributed by atoms with E-state index in [1.807, 2.05) is 23.1 Å². The van der Waals surface area contributed by atoms with E-state index in [1.54, 1.807) is 30.6 Å². The second kappa shape index (κ2) is 9.51. The lowest BCUT2D eigenvalue weighted by Gasteiger charge is -2.39. The summed E-state index contributed by atoms with van der Waals surface area (Å²) in [6.07, 6.45) is 7.44. The van der Waals surface area contributed by atoms with E-state index >= 15 is 0 Å². The largest absolute Gasteiger partial charge is 0.434 e. The van der Waals surface area contributed by atoms with Crippen LogP contribution in [0.15, 0.2) is 48.8 Å². The number of piperidine rings is 1. The van der Waals surface area contributed by atoms with Crippen molar-refractivity contribution in [3.8, 4) is 5.75 Å². The normalized spacial score (nSPS) is 17.8. The SMILES string of the molecule is O=C(c1cccnc1)N(CC1CC1)C1CCN(Cc2ccccc2OC(F)F)CC1. The van der Waals surface area contributed by atoms with Crippen LogP contribution in [-0.2, 0) is 6.54 Å². The van der Waals surface area contributed by atoms with Crippen molar-refractivity contribution in [2.24, 2.45) is 5.92 Å². The van der Waals surface area contributed by atoms with Crippen molar-refractivity contribution < 1.29 is 18.3 Å². The summed E-state index contributed by atoms with van der Waals surface area (Å²) in [6.45, 7) is 0.175. The van der Waals surface area contributed by atoms with Crippen LogP contribution >= 0.6 is 0 Å². The smallest absolute Gasteiger partial charge is 0.387 e. The van der Waals surface area contributed by atoms with Gasteiger partial charge in [-0.25, -0.2) is 0 Å². The molecule has 30 heavy (non-hydrogen) atoms. The Labute approximate surface area is 175 Å². The van der Waals surface area contributed by atoms with Crippen LogP contribution in [0, 0.1) is 5.92 Å². The molecule has 1 saturated carbocycles. The van der Waals surface area contributed by atoms with Crippen LogP contribution in [0.25, 0.3) is 0 Å². The Bertz CT molecular complexity index is 837. The van der Waals surface area contributed by atoms with E-state index in [0.717, 1.165) is 38.0 Å². The van der Waals surface area contributed by atoms with E-state index in [2.05, 4.69) is 14.6 Å². The van der Waals surface area contributed by atoms with Crippen LogP contribution in [0.5, 0.6) is 5.75 Å². The minimum Gasteiger partial charge on any atom is -0.434 e. The maximum absolute atomic E-state index is 13.1. The number of pyridine rings is 1. The zero-order valence-electron chi connectivity index (χ0n) is 16.9. The zero-order valence-corrected chi connectivity index (χ0v) is 16.9. The number of carbonyl (C=O) groups excluding carboxylic acids is 1. The predicted octanol–water partition coefficient (Wildman–Crippen LogP) is 4.20. The molecule has 2 fully saturated rings. The van der Waals surface area contributed by atoms with E-state index in [4.69, 9.17) is 0 Å². The third-order valence-corrected chi connectivity index (χ3v) is 5.90.